The van der Waals surface area contributed by atoms with Crippen LogP contribution in [0.4, 0.5) is 0 Å². The highest BCUT2D eigenvalue weighted by Crippen LogP contribution is 1.89. The normalized spacial score (nSPS) is 13.3. The highest BCUT2D eigenvalue weighted by Gasteiger charge is 2.05. The maximum absolute atomic E-state index is 11.6. The van der Waals surface area contributed by atoms with E-state index in [1.165, 1.54) is 13.1 Å². The Morgan fingerprint density at radius 1 is 1.57 bits per heavy atom. The minimum Gasteiger partial charge on any atom is -0.512 e. The van der Waals surface area contributed by atoms with Crippen molar-refractivity contribution >= 4 is 11.5 Å². The van der Waals surface area contributed by atoms with Gasteiger partial charge in [-0.05, 0) is 13.8 Å². The van der Waals surface area contributed by atoms with Crippen LogP contribution in [0, 0.1) is 6.92 Å². The van der Waals surface area contributed by atoms with Gasteiger partial charge in [0.2, 0.25) is 0 Å². The van der Waals surface area contributed by atoms with Gasteiger partial charge in [-0.3, -0.25) is 4.79 Å². The molecule has 0 amide bonds. The highest BCUT2D eigenvalue weighted by molar-refractivity contribution is 5.32. The zero-order valence-corrected chi connectivity index (χ0v) is 7.72. The van der Waals surface area contributed by atoms with Crippen molar-refractivity contribution < 1.29 is 5.11 Å². The first kappa shape index (κ1) is 8.61. The fourth-order valence-electron chi connectivity index (χ4n) is 1.16. The van der Waals surface area contributed by atoms with E-state index in [0.29, 0.717) is 5.82 Å². The lowest BCUT2D eigenvalue weighted by molar-refractivity contribution is 0.497. The van der Waals surface area contributed by atoms with E-state index in [-0.39, 0.29) is 16.8 Å². The molecule has 6 nitrogen and oxygen atoms in total. The number of fused-ring (bicyclic) bond motifs is 1. The van der Waals surface area contributed by atoms with Gasteiger partial charge in [0.1, 0.15) is 11.6 Å². The van der Waals surface area contributed by atoms with Crippen LogP contribution in [0.1, 0.15) is 12.7 Å². The minimum absolute atomic E-state index is 0.0717. The number of aliphatic hydroxyl groups excluding tert-OH is 1. The Labute approximate surface area is 78.5 Å². The second-order valence-corrected chi connectivity index (χ2v) is 2.93. The van der Waals surface area contributed by atoms with Gasteiger partial charge in [0.15, 0.2) is 0 Å². The summed E-state index contributed by atoms with van der Waals surface area (Å²) < 4.78 is 1.07. The molecule has 72 valence electrons. The summed E-state index contributed by atoms with van der Waals surface area (Å²) in [6.45, 7) is 3.09. The Morgan fingerprint density at radius 3 is 2.93 bits per heavy atom. The monoisotopic (exact) mass is 192 g/mol. The molecule has 0 atom stereocenters. The summed E-state index contributed by atoms with van der Waals surface area (Å²) in [6, 6.07) is 0. The fraction of sp³-hybridized carbons (Fsp3) is 0.250. The van der Waals surface area contributed by atoms with Crippen molar-refractivity contribution in [3.63, 3.8) is 0 Å². The minimum atomic E-state index is -0.407. The number of aromatic nitrogens is 4. The van der Waals surface area contributed by atoms with Crippen LogP contribution in [0.3, 0.4) is 0 Å². The molecule has 2 aromatic rings. The average Bonchev–Trinajstić information content (AvgIpc) is 2.46. The van der Waals surface area contributed by atoms with Gasteiger partial charge in [0, 0.05) is 6.20 Å². The zero-order chi connectivity index (χ0) is 10.3. The predicted octanol–water partition coefficient (Wildman–Crippen LogP) is -0.802. The lowest BCUT2D eigenvalue weighted by atomic mass is 10.4. The molecule has 0 bridgehead atoms. The van der Waals surface area contributed by atoms with E-state index in [1.54, 1.807) is 6.92 Å². The van der Waals surface area contributed by atoms with Gasteiger partial charge in [-0.15, -0.1) is 5.10 Å². The predicted molar refractivity (Wildman–Crippen MR) is 48.7 cm³/mol. The van der Waals surface area contributed by atoms with Crippen LogP contribution in [0.15, 0.2) is 11.0 Å². The molecule has 0 aliphatic rings. The van der Waals surface area contributed by atoms with Gasteiger partial charge in [0.05, 0.1) is 5.22 Å². The third kappa shape index (κ3) is 1.12. The molecule has 0 aliphatic heterocycles. The number of nitrogens with zero attached hydrogens (tertiary/aromatic N) is 4. The Bertz CT molecular complexity index is 598. The summed E-state index contributed by atoms with van der Waals surface area (Å²) in [7, 11) is 0. The second-order valence-electron chi connectivity index (χ2n) is 2.93. The second kappa shape index (κ2) is 2.76. The topological polar surface area (TPSA) is 80.4 Å². The zero-order valence-electron chi connectivity index (χ0n) is 7.72. The van der Waals surface area contributed by atoms with Crippen molar-refractivity contribution in [2.24, 2.45) is 0 Å². The maximum Gasteiger partial charge on any atom is 0.286 e. The van der Waals surface area contributed by atoms with Crippen molar-refractivity contribution in [2.75, 3.05) is 0 Å². The van der Waals surface area contributed by atoms with Crippen LogP contribution in [0.2, 0.25) is 0 Å². The fourth-order valence-corrected chi connectivity index (χ4v) is 1.16. The van der Waals surface area contributed by atoms with E-state index in [4.69, 9.17) is 0 Å². The summed E-state index contributed by atoms with van der Waals surface area (Å²) in [5, 5.41) is 13.2. The maximum atomic E-state index is 11.6. The first-order chi connectivity index (χ1) is 6.59. The van der Waals surface area contributed by atoms with Crippen LogP contribution in [0.25, 0.3) is 11.5 Å². The van der Waals surface area contributed by atoms with Crippen LogP contribution in [-0.4, -0.2) is 24.7 Å². The molecule has 2 aromatic heterocycles. The quantitative estimate of drug-likeness (QED) is 0.591. The van der Waals surface area contributed by atoms with E-state index < -0.39 is 5.56 Å². The van der Waals surface area contributed by atoms with Crippen molar-refractivity contribution in [1.82, 2.24) is 19.6 Å². The van der Waals surface area contributed by atoms with E-state index in [0.717, 1.165) is 4.52 Å². The summed E-state index contributed by atoms with van der Waals surface area (Å²) in [5.41, 5.74) is -0.407. The summed E-state index contributed by atoms with van der Waals surface area (Å²) >= 11 is 0. The lowest BCUT2D eigenvalue weighted by Gasteiger charge is -1.90. The van der Waals surface area contributed by atoms with Crippen molar-refractivity contribution in [3.8, 4) is 0 Å². The van der Waals surface area contributed by atoms with Crippen molar-refractivity contribution in [1.29, 1.82) is 0 Å². The molecule has 1 N–H and O–H groups in total. The smallest absolute Gasteiger partial charge is 0.286 e. The molecule has 0 radical (unpaired) electrons. The van der Waals surface area contributed by atoms with E-state index >= 15 is 0 Å². The SMILES string of the molecule is CC(O)=c1cnc2nc(C)nn2c1=O. The van der Waals surface area contributed by atoms with Crippen molar-refractivity contribution in [2.45, 2.75) is 13.8 Å². The van der Waals surface area contributed by atoms with Crippen LogP contribution >= 0.6 is 0 Å². The van der Waals surface area contributed by atoms with Gasteiger partial charge in [-0.2, -0.15) is 9.50 Å². The van der Waals surface area contributed by atoms with Crippen LogP contribution in [-0.2, 0) is 0 Å². The van der Waals surface area contributed by atoms with Gasteiger partial charge in [0.25, 0.3) is 11.3 Å². The molecule has 0 saturated carbocycles. The molecule has 0 aliphatic carbocycles. The Kier molecular flexibility index (Phi) is 1.70. The lowest BCUT2D eigenvalue weighted by Crippen LogP contribution is -2.33. The molecule has 2 rings (SSSR count). The average molecular weight is 192 g/mol. The van der Waals surface area contributed by atoms with Gasteiger partial charge in [-0.25, -0.2) is 4.98 Å². The Hall–Kier alpha value is -1.98. The number of aliphatic hydroxyl groups is 1. The highest BCUT2D eigenvalue weighted by atomic mass is 16.3. The molecule has 0 aromatic carbocycles. The first-order valence-electron chi connectivity index (χ1n) is 4.02. The molecule has 0 unspecified atom stereocenters. The molecular formula is C8H8N4O2. The molecule has 0 fully saturated rings. The molecule has 0 saturated heterocycles. The van der Waals surface area contributed by atoms with Crippen LogP contribution < -0.4 is 10.8 Å². The number of rotatable bonds is 0. The van der Waals surface area contributed by atoms with E-state index in [1.807, 2.05) is 0 Å². The largest absolute Gasteiger partial charge is 0.512 e. The summed E-state index contributed by atoms with van der Waals surface area (Å²) in [6.07, 6.45) is 1.29. The van der Waals surface area contributed by atoms with Crippen molar-refractivity contribution in [3.05, 3.63) is 27.6 Å². The van der Waals surface area contributed by atoms with E-state index in [2.05, 4.69) is 15.1 Å². The number of hydrogen-bond acceptors (Lipinski definition) is 5. The van der Waals surface area contributed by atoms with Gasteiger partial charge >= 0.3 is 0 Å². The molecule has 14 heavy (non-hydrogen) atoms. The standard InChI is InChI=1S/C8H8N4O2/c1-4(13)6-3-9-8-10-5(2)11-12(8)7(6)14/h3,13H,1-2H3. The third-order valence-corrected chi connectivity index (χ3v) is 1.82. The molecular weight excluding hydrogens is 184 g/mol. The van der Waals surface area contributed by atoms with Gasteiger partial charge < -0.3 is 5.11 Å². The van der Waals surface area contributed by atoms with Gasteiger partial charge in [-0.1, -0.05) is 0 Å². The molecule has 2 heterocycles. The Morgan fingerprint density at radius 2 is 2.29 bits per heavy atom. The molecule has 6 heteroatoms. The number of hydrogen-bond donors (Lipinski definition) is 1. The molecule has 0 spiro atoms. The number of aryl methyl sites for hydroxylation is 1. The van der Waals surface area contributed by atoms with Crippen LogP contribution in [0.5, 0.6) is 0 Å². The third-order valence-electron chi connectivity index (χ3n) is 1.82. The Balaban J connectivity index is 3.03. The van der Waals surface area contributed by atoms with E-state index in [9.17, 15) is 9.90 Å². The summed E-state index contributed by atoms with van der Waals surface area (Å²) in [4.78, 5) is 19.4. The first-order valence-corrected chi connectivity index (χ1v) is 4.02. The summed E-state index contributed by atoms with van der Waals surface area (Å²) in [5.74, 6) is 0.650.